The molecule has 0 aliphatic heterocycles. The van der Waals surface area contributed by atoms with E-state index in [1.54, 1.807) is 0 Å². The summed E-state index contributed by atoms with van der Waals surface area (Å²) in [5.41, 5.74) is 0.0164. The third kappa shape index (κ3) is 4.88. The Morgan fingerprint density at radius 3 is 2.72 bits per heavy atom. The summed E-state index contributed by atoms with van der Waals surface area (Å²) in [5.74, 6) is -1.40. The van der Waals surface area contributed by atoms with Gasteiger partial charge in [-0.15, -0.1) is 0 Å². The molecule has 7 nitrogen and oxygen atoms in total. The summed E-state index contributed by atoms with van der Waals surface area (Å²) in [6.07, 6.45) is 1.12. The number of hydrogen-bond donors (Lipinski definition) is 3. The second-order valence-corrected chi connectivity index (χ2v) is 8.49. The quantitative estimate of drug-likeness (QED) is 0.415. The molecule has 3 aromatic rings. The van der Waals surface area contributed by atoms with Gasteiger partial charge in [-0.05, 0) is 11.5 Å². The molecule has 0 radical (unpaired) electrons. The zero-order valence-corrected chi connectivity index (χ0v) is 17.0. The molecule has 0 aliphatic rings. The normalized spacial score (nSPS) is 12.9. The molecule has 2 heterocycles. The first-order valence-corrected chi connectivity index (χ1v) is 9.87. The number of H-pyrrole nitrogens is 1. The minimum atomic E-state index is -0.922. The van der Waals surface area contributed by atoms with Crippen LogP contribution < -0.4 is 10.9 Å². The highest BCUT2D eigenvalue weighted by Crippen LogP contribution is 2.28. The van der Waals surface area contributed by atoms with Crippen LogP contribution in [0.4, 0.5) is 14.6 Å². The largest absolute Gasteiger partial charge is 0.394 e. The van der Waals surface area contributed by atoms with Gasteiger partial charge in [-0.2, -0.15) is 0 Å². The highest BCUT2D eigenvalue weighted by molar-refractivity contribution is 7.98. The van der Waals surface area contributed by atoms with E-state index in [1.165, 1.54) is 12.1 Å². The standard InChI is InChI=1S/C19H21F2N5O2S/c1-19(2,3)12(8-27)23-16-15-17(24-13(28)7-22-15)26-18(25-16)29-9-10-5-4-6-11(20)14(10)21/h4-7,12,27H,8-9H2,1-3H3,(H2,23,24,25,26,28)/t12-/m1/s1. The molecule has 29 heavy (non-hydrogen) atoms. The lowest BCUT2D eigenvalue weighted by molar-refractivity contribution is 0.201. The molecule has 0 amide bonds. The number of fused-ring (bicyclic) bond motifs is 1. The van der Waals surface area contributed by atoms with Gasteiger partial charge in [0, 0.05) is 11.3 Å². The van der Waals surface area contributed by atoms with Gasteiger partial charge < -0.3 is 15.4 Å². The van der Waals surface area contributed by atoms with Gasteiger partial charge in [0.15, 0.2) is 28.3 Å². The van der Waals surface area contributed by atoms with Crippen molar-refractivity contribution in [2.45, 2.75) is 37.7 Å². The lowest BCUT2D eigenvalue weighted by Gasteiger charge is -2.30. The molecule has 0 saturated heterocycles. The summed E-state index contributed by atoms with van der Waals surface area (Å²) in [5, 5.41) is 13.2. The van der Waals surface area contributed by atoms with Crippen LogP contribution >= 0.6 is 11.8 Å². The summed E-state index contributed by atoms with van der Waals surface area (Å²) in [4.78, 5) is 27.1. The number of anilines is 1. The van der Waals surface area contributed by atoms with Gasteiger partial charge in [0.25, 0.3) is 5.56 Å². The van der Waals surface area contributed by atoms with Crippen molar-refractivity contribution in [1.29, 1.82) is 0 Å². The van der Waals surface area contributed by atoms with Crippen LogP contribution in [-0.4, -0.2) is 37.7 Å². The van der Waals surface area contributed by atoms with Gasteiger partial charge in [-0.3, -0.25) is 4.79 Å². The van der Waals surface area contributed by atoms with E-state index in [2.05, 4.69) is 25.3 Å². The van der Waals surface area contributed by atoms with E-state index in [0.717, 1.165) is 24.0 Å². The van der Waals surface area contributed by atoms with Gasteiger partial charge in [-0.1, -0.05) is 44.7 Å². The summed E-state index contributed by atoms with van der Waals surface area (Å²) < 4.78 is 27.3. The Bertz CT molecular complexity index is 1080. The van der Waals surface area contributed by atoms with Crippen molar-refractivity contribution < 1.29 is 13.9 Å². The summed E-state index contributed by atoms with van der Waals surface area (Å²) in [6.45, 7) is 5.74. The highest BCUT2D eigenvalue weighted by Gasteiger charge is 2.25. The average molecular weight is 421 g/mol. The third-order valence-corrected chi connectivity index (χ3v) is 5.24. The maximum atomic E-state index is 13.9. The van der Waals surface area contributed by atoms with Crippen molar-refractivity contribution in [2.75, 3.05) is 11.9 Å². The molecule has 0 spiro atoms. The van der Waals surface area contributed by atoms with Crippen LogP contribution in [0.5, 0.6) is 0 Å². The Kier molecular flexibility index (Phi) is 6.13. The summed E-state index contributed by atoms with van der Waals surface area (Å²) >= 11 is 1.09. The number of aliphatic hydroxyl groups is 1. The maximum Gasteiger partial charge on any atom is 0.268 e. The van der Waals surface area contributed by atoms with E-state index in [0.29, 0.717) is 11.3 Å². The summed E-state index contributed by atoms with van der Waals surface area (Å²) in [7, 11) is 0. The number of aromatic nitrogens is 4. The first-order chi connectivity index (χ1) is 13.7. The van der Waals surface area contributed by atoms with Gasteiger partial charge >= 0.3 is 0 Å². The monoisotopic (exact) mass is 421 g/mol. The van der Waals surface area contributed by atoms with Crippen LogP contribution in [0.1, 0.15) is 26.3 Å². The fraction of sp³-hybridized carbons (Fsp3) is 0.368. The number of nitrogens with zero attached hydrogens (tertiary/aromatic N) is 3. The molecule has 1 atom stereocenters. The number of hydrogen-bond acceptors (Lipinski definition) is 7. The van der Waals surface area contributed by atoms with Crippen LogP contribution in [0.15, 0.2) is 34.3 Å². The molecule has 3 N–H and O–H groups in total. The molecule has 154 valence electrons. The van der Waals surface area contributed by atoms with Crippen molar-refractivity contribution in [1.82, 2.24) is 19.9 Å². The van der Waals surface area contributed by atoms with Crippen molar-refractivity contribution in [2.24, 2.45) is 5.41 Å². The van der Waals surface area contributed by atoms with Crippen LogP contribution in [0.2, 0.25) is 0 Å². The van der Waals surface area contributed by atoms with Crippen molar-refractivity contribution in [3.63, 3.8) is 0 Å². The Labute approximate surface area is 170 Å². The molecule has 1 aromatic carbocycles. The van der Waals surface area contributed by atoms with Gasteiger partial charge in [0.05, 0.1) is 18.8 Å². The highest BCUT2D eigenvalue weighted by atomic mass is 32.2. The molecule has 2 aromatic heterocycles. The van der Waals surface area contributed by atoms with Crippen molar-refractivity contribution in [3.8, 4) is 0 Å². The van der Waals surface area contributed by atoms with E-state index in [-0.39, 0.29) is 40.2 Å². The molecular formula is C19H21F2N5O2S. The Balaban J connectivity index is 1.97. The SMILES string of the molecule is CC(C)(C)[C@@H](CO)Nc1nc(SCc2cccc(F)c2F)nc2[nH]c(=O)cnc12. The van der Waals surface area contributed by atoms with Crippen molar-refractivity contribution in [3.05, 3.63) is 51.9 Å². The second-order valence-electron chi connectivity index (χ2n) is 7.55. The van der Waals surface area contributed by atoms with E-state index in [9.17, 15) is 18.7 Å². The average Bonchev–Trinajstić information content (AvgIpc) is 2.65. The Hall–Kier alpha value is -2.59. The number of aromatic amines is 1. The fourth-order valence-corrected chi connectivity index (χ4v) is 3.40. The molecule has 0 aliphatic carbocycles. The van der Waals surface area contributed by atoms with Crippen LogP contribution in [0, 0.1) is 17.0 Å². The minimum Gasteiger partial charge on any atom is -0.394 e. The van der Waals surface area contributed by atoms with E-state index in [4.69, 9.17) is 0 Å². The number of thioether (sulfide) groups is 1. The number of aliphatic hydroxyl groups excluding tert-OH is 1. The lowest BCUT2D eigenvalue weighted by Crippen LogP contribution is -2.37. The van der Waals surface area contributed by atoms with E-state index < -0.39 is 17.2 Å². The second kappa shape index (κ2) is 8.42. The molecule has 0 unspecified atom stereocenters. The number of halogens is 2. The Morgan fingerprint density at radius 1 is 1.28 bits per heavy atom. The number of rotatable bonds is 6. The summed E-state index contributed by atoms with van der Waals surface area (Å²) in [6, 6.07) is 3.62. The van der Waals surface area contributed by atoms with Crippen LogP contribution in [0.25, 0.3) is 11.2 Å². The van der Waals surface area contributed by atoms with Gasteiger partial charge in [0.1, 0.15) is 5.52 Å². The number of benzene rings is 1. The van der Waals surface area contributed by atoms with Gasteiger partial charge in [-0.25, -0.2) is 23.7 Å². The molecular weight excluding hydrogens is 400 g/mol. The lowest BCUT2D eigenvalue weighted by atomic mass is 9.87. The zero-order valence-electron chi connectivity index (χ0n) is 16.2. The fourth-order valence-electron chi connectivity index (χ4n) is 2.58. The molecule has 0 fully saturated rings. The molecule has 0 bridgehead atoms. The minimum absolute atomic E-state index is 0.0989. The third-order valence-electron chi connectivity index (χ3n) is 4.34. The predicted octanol–water partition coefficient (Wildman–Crippen LogP) is 3.10. The zero-order chi connectivity index (χ0) is 21.2. The van der Waals surface area contributed by atoms with E-state index >= 15 is 0 Å². The first-order valence-electron chi connectivity index (χ1n) is 8.89. The van der Waals surface area contributed by atoms with Crippen LogP contribution in [-0.2, 0) is 5.75 Å². The van der Waals surface area contributed by atoms with E-state index in [1.807, 2.05) is 20.8 Å². The maximum absolute atomic E-state index is 13.9. The molecule has 0 saturated carbocycles. The van der Waals surface area contributed by atoms with Crippen molar-refractivity contribution >= 4 is 28.7 Å². The predicted molar refractivity (Wildman–Crippen MR) is 108 cm³/mol. The number of nitrogens with one attached hydrogen (secondary N) is 2. The molecule has 3 rings (SSSR count). The van der Waals surface area contributed by atoms with Gasteiger partial charge in [0.2, 0.25) is 0 Å². The molecule has 10 heteroatoms. The smallest absolute Gasteiger partial charge is 0.268 e. The topological polar surface area (TPSA) is 104 Å². The Morgan fingerprint density at radius 2 is 2.03 bits per heavy atom. The van der Waals surface area contributed by atoms with Crippen LogP contribution in [0.3, 0.4) is 0 Å². The first kappa shape index (κ1) is 21.1.